The molecule has 0 aliphatic carbocycles. The predicted molar refractivity (Wildman–Crippen MR) is 75.3 cm³/mol. The second kappa shape index (κ2) is 8.74. The van der Waals surface area contributed by atoms with Crippen LogP contribution < -0.4 is 4.74 Å². The summed E-state index contributed by atoms with van der Waals surface area (Å²) in [7, 11) is 1.32. The van der Waals surface area contributed by atoms with E-state index < -0.39 is 0 Å². The molecule has 5 nitrogen and oxygen atoms in total. The topological polar surface area (TPSA) is 55.8 Å². The van der Waals surface area contributed by atoms with Crippen molar-refractivity contribution >= 4 is 11.9 Å². The zero-order valence-electron chi connectivity index (χ0n) is 11.6. The number of methoxy groups -OCH3 is 1. The minimum absolute atomic E-state index is 0.0704. The first-order valence-electron chi connectivity index (χ1n) is 6.30. The van der Waals surface area contributed by atoms with E-state index in [9.17, 15) is 9.59 Å². The summed E-state index contributed by atoms with van der Waals surface area (Å²) in [5.74, 6) is 0.0841. The maximum Gasteiger partial charge on any atom is 0.307 e. The zero-order valence-corrected chi connectivity index (χ0v) is 11.6. The van der Waals surface area contributed by atoms with Crippen LogP contribution >= 0.6 is 0 Å². The average molecular weight is 277 g/mol. The summed E-state index contributed by atoms with van der Waals surface area (Å²) in [6.45, 7) is 4.18. The average Bonchev–Trinajstić information content (AvgIpc) is 2.49. The largest absolute Gasteiger partial charge is 0.484 e. The molecule has 0 saturated carbocycles. The fourth-order valence-corrected chi connectivity index (χ4v) is 1.56. The summed E-state index contributed by atoms with van der Waals surface area (Å²) in [6.07, 6.45) is 1.76. The van der Waals surface area contributed by atoms with E-state index in [2.05, 4.69) is 11.3 Å². The number of carbonyl (C=O) groups is 2. The minimum atomic E-state index is -0.351. The molecule has 108 valence electrons. The zero-order chi connectivity index (χ0) is 14.8. The number of carbonyl (C=O) groups excluding carboxylic acids is 2. The van der Waals surface area contributed by atoms with Crippen LogP contribution in [0.3, 0.4) is 0 Å². The van der Waals surface area contributed by atoms with Crippen molar-refractivity contribution in [2.75, 3.05) is 26.8 Å². The van der Waals surface area contributed by atoms with Gasteiger partial charge in [0.15, 0.2) is 6.61 Å². The molecule has 0 aromatic heterocycles. The fraction of sp³-hybridized carbons (Fsp3) is 0.333. The van der Waals surface area contributed by atoms with Crippen LogP contribution in [0, 0.1) is 0 Å². The van der Waals surface area contributed by atoms with Crippen LogP contribution in [0.2, 0.25) is 0 Å². The number of hydrogen-bond acceptors (Lipinski definition) is 4. The summed E-state index contributed by atoms with van der Waals surface area (Å²) >= 11 is 0. The number of nitrogens with zero attached hydrogens (tertiary/aromatic N) is 1. The second-order valence-corrected chi connectivity index (χ2v) is 4.06. The van der Waals surface area contributed by atoms with Gasteiger partial charge in [0, 0.05) is 13.1 Å². The van der Waals surface area contributed by atoms with E-state index in [-0.39, 0.29) is 31.4 Å². The molecule has 0 bridgehead atoms. The van der Waals surface area contributed by atoms with Crippen LogP contribution in [0.5, 0.6) is 5.75 Å². The quantitative estimate of drug-likeness (QED) is 0.535. The summed E-state index contributed by atoms with van der Waals surface area (Å²) in [4.78, 5) is 24.6. The Morgan fingerprint density at radius 1 is 1.30 bits per heavy atom. The molecule has 0 spiro atoms. The molecule has 0 N–H and O–H groups in total. The Labute approximate surface area is 118 Å². The lowest BCUT2D eigenvalue weighted by Crippen LogP contribution is -2.36. The van der Waals surface area contributed by atoms with Gasteiger partial charge in [-0.1, -0.05) is 24.3 Å². The first-order valence-corrected chi connectivity index (χ1v) is 6.30. The highest BCUT2D eigenvalue weighted by atomic mass is 16.5. The molecular weight excluding hydrogens is 258 g/mol. The Hall–Kier alpha value is -2.30. The maximum absolute atomic E-state index is 12.0. The second-order valence-electron chi connectivity index (χ2n) is 4.06. The number of benzene rings is 1. The molecule has 5 heteroatoms. The van der Waals surface area contributed by atoms with Crippen LogP contribution in [-0.2, 0) is 14.3 Å². The van der Waals surface area contributed by atoms with E-state index in [0.717, 1.165) is 0 Å². The summed E-state index contributed by atoms with van der Waals surface area (Å²) < 4.78 is 9.94. The summed E-state index contributed by atoms with van der Waals surface area (Å²) in [6, 6.07) is 9.09. The summed E-state index contributed by atoms with van der Waals surface area (Å²) in [5.41, 5.74) is 0. The monoisotopic (exact) mass is 277 g/mol. The molecule has 0 aliphatic rings. The van der Waals surface area contributed by atoms with Gasteiger partial charge in [-0.05, 0) is 12.1 Å². The third-order valence-electron chi connectivity index (χ3n) is 2.62. The maximum atomic E-state index is 12.0. The minimum Gasteiger partial charge on any atom is -0.484 e. The van der Waals surface area contributed by atoms with Gasteiger partial charge in [-0.3, -0.25) is 9.59 Å². The van der Waals surface area contributed by atoms with Gasteiger partial charge in [0.1, 0.15) is 5.75 Å². The Morgan fingerprint density at radius 3 is 2.60 bits per heavy atom. The molecule has 0 aliphatic heterocycles. The molecule has 1 rings (SSSR count). The van der Waals surface area contributed by atoms with Gasteiger partial charge in [0.05, 0.1) is 13.5 Å². The lowest BCUT2D eigenvalue weighted by atomic mass is 10.3. The molecule has 0 saturated heterocycles. The van der Waals surface area contributed by atoms with Gasteiger partial charge in [0.25, 0.3) is 5.91 Å². The number of rotatable bonds is 8. The molecule has 1 aromatic rings. The summed E-state index contributed by atoms with van der Waals surface area (Å²) in [5, 5.41) is 0. The van der Waals surface area contributed by atoms with Crippen molar-refractivity contribution < 1.29 is 19.1 Å². The highest BCUT2D eigenvalue weighted by Gasteiger charge is 2.14. The Kier molecular flexibility index (Phi) is 6.89. The SMILES string of the molecule is C=CCN(CCC(=O)OC)C(=O)COc1ccccc1. The molecular formula is C15H19NO4. The Bertz CT molecular complexity index is 444. The molecule has 0 heterocycles. The van der Waals surface area contributed by atoms with Crippen molar-refractivity contribution in [3.8, 4) is 5.75 Å². The number of para-hydroxylation sites is 1. The smallest absolute Gasteiger partial charge is 0.307 e. The third-order valence-corrected chi connectivity index (χ3v) is 2.62. The first kappa shape index (κ1) is 15.8. The van der Waals surface area contributed by atoms with E-state index >= 15 is 0 Å². The van der Waals surface area contributed by atoms with Gasteiger partial charge in [-0.2, -0.15) is 0 Å². The number of esters is 1. The molecule has 0 radical (unpaired) electrons. The van der Waals surface area contributed by atoms with Gasteiger partial charge in [-0.25, -0.2) is 0 Å². The van der Waals surface area contributed by atoms with Crippen LogP contribution in [0.25, 0.3) is 0 Å². The molecule has 1 amide bonds. The highest BCUT2D eigenvalue weighted by molar-refractivity contribution is 5.78. The van der Waals surface area contributed by atoms with Crippen molar-refractivity contribution in [2.24, 2.45) is 0 Å². The van der Waals surface area contributed by atoms with Crippen LogP contribution in [0.4, 0.5) is 0 Å². The van der Waals surface area contributed by atoms with E-state index in [4.69, 9.17) is 4.74 Å². The van der Waals surface area contributed by atoms with Crippen molar-refractivity contribution in [3.63, 3.8) is 0 Å². The predicted octanol–water partition coefficient (Wildman–Crippen LogP) is 1.64. The standard InChI is InChI=1S/C15H19NO4/c1-3-10-16(11-9-15(18)19-2)14(17)12-20-13-7-5-4-6-8-13/h3-8H,1,9-12H2,2H3. The van der Waals surface area contributed by atoms with Gasteiger partial charge >= 0.3 is 5.97 Å². The molecule has 1 aromatic carbocycles. The van der Waals surface area contributed by atoms with Crippen molar-refractivity contribution in [1.29, 1.82) is 0 Å². The van der Waals surface area contributed by atoms with E-state index in [1.165, 1.54) is 12.0 Å². The normalized spacial score (nSPS) is 9.65. The molecule has 20 heavy (non-hydrogen) atoms. The molecule has 0 fully saturated rings. The molecule has 0 atom stereocenters. The highest BCUT2D eigenvalue weighted by Crippen LogP contribution is 2.08. The van der Waals surface area contributed by atoms with Crippen LogP contribution in [0.1, 0.15) is 6.42 Å². The van der Waals surface area contributed by atoms with E-state index in [0.29, 0.717) is 12.3 Å². The molecule has 0 unspecified atom stereocenters. The van der Waals surface area contributed by atoms with Gasteiger partial charge in [0.2, 0.25) is 0 Å². The van der Waals surface area contributed by atoms with Gasteiger partial charge < -0.3 is 14.4 Å². The van der Waals surface area contributed by atoms with Gasteiger partial charge in [-0.15, -0.1) is 6.58 Å². The van der Waals surface area contributed by atoms with Crippen molar-refractivity contribution in [3.05, 3.63) is 43.0 Å². The fourth-order valence-electron chi connectivity index (χ4n) is 1.56. The van der Waals surface area contributed by atoms with Crippen LogP contribution in [0.15, 0.2) is 43.0 Å². The number of amides is 1. The Balaban J connectivity index is 2.46. The van der Waals surface area contributed by atoms with E-state index in [1.807, 2.05) is 18.2 Å². The van der Waals surface area contributed by atoms with E-state index in [1.54, 1.807) is 18.2 Å². The number of hydrogen-bond donors (Lipinski definition) is 0. The Morgan fingerprint density at radius 2 is 2.00 bits per heavy atom. The lowest BCUT2D eigenvalue weighted by molar-refractivity contribution is -0.142. The third kappa shape index (κ3) is 5.56. The van der Waals surface area contributed by atoms with Crippen molar-refractivity contribution in [2.45, 2.75) is 6.42 Å². The number of ether oxygens (including phenoxy) is 2. The van der Waals surface area contributed by atoms with Crippen molar-refractivity contribution in [1.82, 2.24) is 4.90 Å². The first-order chi connectivity index (χ1) is 9.67. The van der Waals surface area contributed by atoms with Crippen LogP contribution in [-0.4, -0.2) is 43.6 Å². The lowest BCUT2D eigenvalue weighted by Gasteiger charge is -2.20.